The summed E-state index contributed by atoms with van der Waals surface area (Å²) >= 11 is 1.08. The van der Waals surface area contributed by atoms with Crippen molar-refractivity contribution >= 4 is 16.3 Å². The summed E-state index contributed by atoms with van der Waals surface area (Å²) in [6.07, 6.45) is 0.487. The molecule has 0 atom stereocenters. The van der Waals surface area contributed by atoms with Crippen molar-refractivity contribution in [3.05, 3.63) is 62.5 Å². The van der Waals surface area contributed by atoms with E-state index in [0.717, 1.165) is 23.0 Å². The third kappa shape index (κ3) is 4.07. The summed E-state index contributed by atoms with van der Waals surface area (Å²) in [6, 6.07) is 4.93. The van der Waals surface area contributed by atoms with Gasteiger partial charge in [0.05, 0.1) is 4.92 Å². The molecule has 7 heteroatoms. The quantitative estimate of drug-likeness (QED) is 0.506. The molecule has 2 rings (SSSR count). The Morgan fingerprint density at radius 2 is 1.85 bits per heavy atom. The van der Waals surface area contributed by atoms with Crippen molar-refractivity contribution in [1.82, 2.24) is 5.32 Å². The number of hydrogen-bond acceptors (Lipinski definition) is 4. The average Bonchev–Trinajstić information content (AvgIpc) is 2.82. The maximum Gasteiger partial charge on any atom is 0.324 e. The zero-order valence-corrected chi connectivity index (χ0v) is 11.3. The Bertz CT molecular complexity index is 596. The predicted molar refractivity (Wildman–Crippen MR) is 72.7 cm³/mol. The molecule has 2 aromatic rings. The number of nitrogens with zero attached hydrogens (tertiary/aromatic N) is 1. The molecule has 1 aromatic heterocycles. The normalized spacial score (nSPS) is 10.7. The molecule has 0 amide bonds. The highest BCUT2D eigenvalue weighted by Gasteiger charge is 2.09. The van der Waals surface area contributed by atoms with Crippen LogP contribution in [0, 0.1) is 21.7 Å². The van der Waals surface area contributed by atoms with Gasteiger partial charge in [-0.3, -0.25) is 10.1 Å². The maximum atomic E-state index is 13.0. The van der Waals surface area contributed by atoms with Crippen molar-refractivity contribution in [3.8, 4) is 0 Å². The molecule has 0 aliphatic rings. The van der Waals surface area contributed by atoms with E-state index >= 15 is 0 Å². The second-order valence-corrected chi connectivity index (χ2v) is 5.14. The van der Waals surface area contributed by atoms with Gasteiger partial charge in [0.25, 0.3) is 0 Å². The number of nitro groups is 1. The predicted octanol–water partition coefficient (Wildman–Crippen LogP) is 3.27. The molecule has 4 nitrogen and oxygen atoms in total. The van der Waals surface area contributed by atoms with Crippen molar-refractivity contribution in [2.75, 3.05) is 6.54 Å². The van der Waals surface area contributed by atoms with Crippen molar-refractivity contribution < 1.29 is 13.7 Å². The molecule has 20 heavy (non-hydrogen) atoms. The van der Waals surface area contributed by atoms with Gasteiger partial charge in [-0.2, -0.15) is 0 Å². The lowest BCUT2D eigenvalue weighted by atomic mass is 10.1. The first-order valence-corrected chi connectivity index (χ1v) is 6.80. The highest BCUT2D eigenvalue weighted by molar-refractivity contribution is 7.13. The Hall–Kier alpha value is -1.86. The highest BCUT2D eigenvalue weighted by Crippen LogP contribution is 2.22. The smallest absolute Gasteiger partial charge is 0.312 e. The Morgan fingerprint density at radius 3 is 2.45 bits per heavy atom. The van der Waals surface area contributed by atoms with Crippen LogP contribution in [-0.2, 0) is 13.0 Å². The first-order valence-electron chi connectivity index (χ1n) is 5.92. The molecule has 0 radical (unpaired) electrons. The fourth-order valence-electron chi connectivity index (χ4n) is 1.77. The molecular weight excluding hydrogens is 286 g/mol. The summed E-state index contributed by atoms with van der Waals surface area (Å²) in [5.74, 6) is -1.18. The topological polar surface area (TPSA) is 55.2 Å². The standard InChI is InChI=1S/C13H12F2N2O2S/c14-11-3-9(4-12(15)6-11)1-2-16-7-10-5-13(17(18)19)20-8-10/h3-6,8,16H,1-2,7H2. The summed E-state index contributed by atoms with van der Waals surface area (Å²) in [5.41, 5.74) is 1.40. The van der Waals surface area contributed by atoms with E-state index in [0.29, 0.717) is 25.1 Å². The highest BCUT2D eigenvalue weighted by atomic mass is 32.1. The first kappa shape index (κ1) is 14.5. The van der Waals surface area contributed by atoms with Gasteiger partial charge in [-0.15, -0.1) is 0 Å². The number of nitrogens with one attached hydrogen (secondary N) is 1. The summed E-state index contributed by atoms with van der Waals surface area (Å²) < 4.78 is 25.9. The molecule has 106 valence electrons. The molecule has 1 heterocycles. The summed E-state index contributed by atoms with van der Waals surface area (Å²) in [4.78, 5) is 10.1. The van der Waals surface area contributed by atoms with E-state index < -0.39 is 16.6 Å². The van der Waals surface area contributed by atoms with E-state index in [1.165, 1.54) is 18.2 Å². The van der Waals surface area contributed by atoms with Crippen LogP contribution in [0.5, 0.6) is 0 Å². The number of halogens is 2. The van der Waals surface area contributed by atoms with E-state index in [1.807, 2.05) is 0 Å². The lowest BCUT2D eigenvalue weighted by Crippen LogP contribution is -2.16. The fraction of sp³-hybridized carbons (Fsp3) is 0.231. The lowest BCUT2D eigenvalue weighted by Gasteiger charge is -2.04. The van der Waals surface area contributed by atoms with E-state index in [1.54, 1.807) is 5.38 Å². The molecular formula is C13H12F2N2O2S. The minimum absolute atomic E-state index is 0.106. The SMILES string of the molecule is O=[N+]([O-])c1cc(CNCCc2cc(F)cc(F)c2)cs1. The van der Waals surface area contributed by atoms with E-state index in [9.17, 15) is 18.9 Å². The monoisotopic (exact) mass is 298 g/mol. The summed E-state index contributed by atoms with van der Waals surface area (Å²) in [5, 5.41) is 15.4. The zero-order valence-electron chi connectivity index (χ0n) is 10.4. The second kappa shape index (κ2) is 6.53. The Labute approximate surface area is 118 Å². The van der Waals surface area contributed by atoms with Crippen LogP contribution in [0.3, 0.4) is 0 Å². The maximum absolute atomic E-state index is 13.0. The summed E-state index contributed by atoms with van der Waals surface area (Å²) in [7, 11) is 0. The van der Waals surface area contributed by atoms with Crippen molar-refractivity contribution in [2.45, 2.75) is 13.0 Å². The van der Waals surface area contributed by atoms with E-state index in [4.69, 9.17) is 0 Å². The van der Waals surface area contributed by atoms with Crippen LogP contribution >= 0.6 is 11.3 Å². The van der Waals surface area contributed by atoms with Crippen LogP contribution in [0.1, 0.15) is 11.1 Å². The molecule has 0 unspecified atom stereocenters. The second-order valence-electron chi connectivity index (χ2n) is 4.25. The minimum Gasteiger partial charge on any atom is -0.312 e. The van der Waals surface area contributed by atoms with Gasteiger partial charge in [-0.1, -0.05) is 11.3 Å². The van der Waals surface area contributed by atoms with Crippen molar-refractivity contribution in [1.29, 1.82) is 0 Å². The van der Waals surface area contributed by atoms with Crippen LogP contribution < -0.4 is 5.32 Å². The van der Waals surface area contributed by atoms with Crippen LogP contribution in [0.15, 0.2) is 29.6 Å². The minimum atomic E-state index is -0.589. The van der Waals surface area contributed by atoms with Gasteiger partial charge in [0.15, 0.2) is 0 Å². The van der Waals surface area contributed by atoms with Crippen LogP contribution in [0.25, 0.3) is 0 Å². The Balaban J connectivity index is 1.79. The van der Waals surface area contributed by atoms with E-state index in [-0.39, 0.29) is 5.00 Å². The molecule has 0 fully saturated rings. The van der Waals surface area contributed by atoms with Crippen LogP contribution in [0.2, 0.25) is 0 Å². The first-order chi connectivity index (χ1) is 9.54. The third-order valence-electron chi connectivity index (χ3n) is 2.66. The van der Waals surface area contributed by atoms with Gasteiger partial charge in [0, 0.05) is 24.1 Å². The van der Waals surface area contributed by atoms with E-state index in [2.05, 4.69) is 5.32 Å². The average molecular weight is 298 g/mol. The Morgan fingerprint density at radius 1 is 1.15 bits per heavy atom. The van der Waals surface area contributed by atoms with Crippen molar-refractivity contribution in [2.24, 2.45) is 0 Å². The molecule has 1 N–H and O–H groups in total. The Kier molecular flexibility index (Phi) is 4.75. The van der Waals surface area contributed by atoms with Crippen LogP contribution in [-0.4, -0.2) is 11.5 Å². The van der Waals surface area contributed by atoms with Gasteiger partial charge in [0.2, 0.25) is 0 Å². The molecule has 0 saturated carbocycles. The number of hydrogen-bond donors (Lipinski definition) is 1. The van der Waals surface area contributed by atoms with Gasteiger partial charge in [0.1, 0.15) is 11.6 Å². The van der Waals surface area contributed by atoms with Crippen LogP contribution in [0.4, 0.5) is 13.8 Å². The molecule has 0 bridgehead atoms. The number of rotatable bonds is 6. The molecule has 0 aliphatic heterocycles. The third-order valence-corrected chi connectivity index (χ3v) is 3.59. The van der Waals surface area contributed by atoms with Gasteiger partial charge in [-0.05, 0) is 36.2 Å². The van der Waals surface area contributed by atoms with Gasteiger partial charge < -0.3 is 5.32 Å². The molecule has 0 aliphatic carbocycles. The van der Waals surface area contributed by atoms with Gasteiger partial charge in [-0.25, -0.2) is 8.78 Å². The lowest BCUT2D eigenvalue weighted by molar-refractivity contribution is -0.380. The van der Waals surface area contributed by atoms with Gasteiger partial charge >= 0.3 is 5.00 Å². The number of benzene rings is 1. The zero-order chi connectivity index (χ0) is 14.5. The molecule has 0 spiro atoms. The van der Waals surface area contributed by atoms with Crippen molar-refractivity contribution in [3.63, 3.8) is 0 Å². The molecule has 0 saturated heterocycles. The number of thiophene rings is 1. The fourth-order valence-corrected chi connectivity index (χ4v) is 2.50. The largest absolute Gasteiger partial charge is 0.324 e. The molecule has 1 aromatic carbocycles. The summed E-state index contributed by atoms with van der Waals surface area (Å²) in [6.45, 7) is 1.02.